The summed E-state index contributed by atoms with van der Waals surface area (Å²) in [5.74, 6) is 0.736. The van der Waals surface area contributed by atoms with Gasteiger partial charge in [0.25, 0.3) is 0 Å². The molecule has 0 heterocycles. The van der Waals surface area contributed by atoms with Crippen molar-refractivity contribution in [1.82, 2.24) is 5.32 Å². The molecule has 3 rings (SSSR count). The highest BCUT2D eigenvalue weighted by molar-refractivity contribution is 9.10. The molecule has 1 saturated carbocycles. The Morgan fingerprint density at radius 2 is 1.71 bits per heavy atom. The Bertz CT molecular complexity index is 558. The molecule has 1 N–H and O–H groups in total. The van der Waals surface area contributed by atoms with Crippen LogP contribution in [0.1, 0.15) is 36.8 Å². The molecule has 1 atom stereocenters. The standard InChI is InChI=1S/C19H22BrN/c1-14(11-15-5-3-2-4-6-15)21-19-12-17(13-19)16-7-9-18(20)10-8-16/h2-10,14,17,19,21H,11-13H2,1H3. The summed E-state index contributed by atoms with van der Waals surface area (Å²) < 4.78 is 1.16. The van der Waals surface area contributed by atoms with Crippen LogP contribution in [0, 0.1) is 0 Å². The minimum Gasteiger partial charge on any atom is -0.311 e. The summed E-state index contributed by atoms with van der Waals surface area (Å²) in [6.45, 7) is 2.29. The Morgan fingerprint density at radius 3 is 2.38 bits per heavy atom. The summed E-state index contributed by atoms with van der Waals surface area (Å²) in [5, 5.41) is 3.77. The second kappa shape index (κ2) is 6.76. The summed E-state index contributed by atoms with van der Waals surface area (Å²) in [7, 11) is 0. The zero-order valence-electron chi connectivity index (χ0n) is 12.4. The summed E-state index contributed by atoms with van der Waals surface area (Å²) >= 11 is 3.50. The van der Waals surface area contributed by atoms with E-state index in [1.165, 1.54) is 24.0 Å². The molecule has 1 unspecified atom stereocenters. The first-order valence-corrected chi connectivity index (χ1v) is 8.55. The Balaban J connectivity index is 1.45. The van der Waals surface area contributed by atoms with Gasteiger partial charge in [0.15, 0.2) is 0 Å². The Labute approximate surface area is 135 Å². The van der Waals surface area contributed by atoms with Crippen molar-refractivity contribution in [2.24, 2.45) is 0 Å². The van der Waals surface area contributed by atoms with Gasteiger partial charge in [-0.3, -0.25) is 0 Å². The van der Waals surface area contributed by atoms with Crippen LogP contribution in [-0.2, 0) is 6.42 Å². The first-order chi connectivity index (χ1) is 10.2. The predicted molar refractivity (Wildman–Crippen MR) is 92.6 cm³/mol. The van der Waals surface area contributed by atoms with Gasteiger partial charge in [-0.25, -0.2) is 0 Å². The fourth-order valence-electron chi connectivity index (χ4n) is 3.19. The van der Waals surface area contributed by atoms with Crippen LogP contribution in [0.2, 0.25) is 0 Å². The number of nitrogens with one attached hydrogen (secondary N) is 1. The lowest BCUT2D eigenvalue weighted by Gasteiger charge is -2.38. The van der Waals surface area contributed by atoms with E-state index in [-0.39, 0.29) is 0 Å². The number of benzene rings is 2. The van der Waals surface area contributed by atoms with E-state index >= 15 is 0 Å². The molecular formula is C19H22BrN. The topological polar surface area (TPSA) is 12.0 Å². The number of halogens is 1. The third-order valence-corrected chi connectivity index (χ3v) is 4.91. The van der Waals surface area contributed by atoms with Crippen molar-refractivity contribution in [2.75, 3.05) is 0 Å². The maximum Gasteiger partial charge on any atom is 0.0175 e. The largest absolute Gasteiger partial charge is 0.311 e. The predicted octanol–water partition coefficient (Wildman–Crippen LogP) is 4.92. The van der Waals surface area contributed by atoms with Crippen LogP contribution < -0.4 is 5.32 Å². The van der Waals surface area contributed by atoms with E-state index in [0.29, 0.717) is 12.1 Å². The van der Waals surface area contributed by atoms with Gasteiger partial charge in [0.05, 0.1) is 0 Å². The van der Waals surface area contributed by atoms with E-state index in [1.54, 1.807) is 0 Å². The van der Waals surface area contributed by atoms with Crippen LogP contribution in [0.4, 0.5) is 0 Å². The highest BCUT2D eigenvalue weighted by Crippen LogP contribution is 2.37. The van der Waals surface area contributed by atoms with Crippen molar-refractivity contribution in [3.8, 4) is 0 Å². The quantitative estimate of drug-likeness (QED) is 0.812. The summed E-state index contributed by atoms with van der Waals surface area (Å²) in [5.41, 5.74) is 2.90. The van der Waals surface area contributed by atoms with Crippen LogP contribution >= 0.6 is 15.9 Å². The number of hydrogen-bond acceptors (Lipinski definition) is 1. The van der Waals surface area contributed by atoms with E-state index in [0.717, 1.165) is 16.8 Å². The minimum atomic E-state index is 0.545. The molecule has 1 aliphatic carbocycles. The number of rotatable bonds is 5. The van der Waals surface area contributed by atoms with Gasteiger partial charge in [-0.2, -0.15) is 0 Å². The normalized spacial score (nSPS) is 22.6. The molecule has 1 nitrogen and oxygen atoms in total. The molecule has 110 valence electrons. The van der Waals surface area contributed by atoms with Gasteiger partial charge in [-0.1, -0.05) is 58.4 Å². The van der Waals surface area contributed by atoms with Gasteiger partial charge in [0.1, 0.15) is 0 Å². The van der Waals surface area contributed by atoms with Gasteiger partial charge in [-0.15, -0.1) is 0 Å². The first kappa shape index (κ1) is 14.8. The molecular weight excluding hydrogens is 322 g/mol. The van der Waals surface area contributed by atoms with Gasteiger partial charge in [0, 0.05) is 16.6 Å². The monoisotopic (exact) mass is 343 g/mol. The Morgan fingerprint density at radius 1 is 1.05 bits per heavy atom. The third-order valence-electron chi connectivity index (χ3n) is 4.38. The fraction of sp³-hybridized carbons (Fsp3) is 0.368. The lowest BCUT2D eigenvalue weighted by atomic mass is 9.75. The van der Waals surface area contributed by atoms with Gasteiger partial charge in [-0.05, 0) is 55.4 Å². The zero-order chi connectivity index (χ0) is 14.7. The van der Waals surface area contributed by atoms with Crippen LogP contribution in [0.25, 0.3) is 0 Å². The molecule has 2 heteroatoms. The Kier molecular flexibility index (Phi) is 4.77. The highest BCUT2D eigenvalue weighted by atomic mass is 79.9. The van der Waals surface area contributed by atoms with Crippen LogP contribution in [-0.4, -0.2) is 12.1 Å². The molecule has 0 aliphatic heterocycles. The van der Waals surface area contributed by atoms with Crippen molar-refractivity contribution >= 4 is 15.9 Å². The smallest absolute Gasteiger partial charge is 0.0175 e. The summed E-state index contributed by atoms with van der Waals surface area (Å²) in [6.07, 6.45) is 3.64. The Hall–Kier alpha value is -1.12. The van der Waals surface area contributed by atoms with Crippen molar-refractivity contribution in [3.63, 3.8) is 0 Å². The maximum absolute atomic E-state index is 3.77. The zero-order valence-corrected chi connectivity index (χ0v) is 14.0. The van der Waals surface area contributed by atoms with Gasteiger partial charge >= 0.3 is 0 Å². The average Bonchev–Trinajstić information content (AvgIpc) is 2.45. The molecule has 1 aliphatic rings. The lowest BCUT2D eigenvalue weighted by molar-refractivity contribution is 0.269. The van der Waals surface area contributed by atoms with Crippen LogP contribution in [0.15, 0.2) is 59.1 Å². The maximum atomic E-state index is 3.77. The molecule has 2 aromatic carbocycles. The molecule has 0 aromatic heterocycles. The highest BCUT2D eigenvalue weighted by Gasteiger charge is 2.30. The second-order valence-corrected chi connectivity index (χ2v) is 7.09. The minimum absolute atomic E-state index is 0.545. The van der Waals surface area contributed by atoms with Crippen molar-refractivity contribution in [3.05, 3.63) is 70.2 Å². The SMILES string of the molecule is CC(Cc1ccccc1)NC1CC(c2ccc(Br)cc2)C1. The van der Waals surface area contributed by atoms with Crippen LogP contribution in [0.3, 0.4) is 0 Å². The average molecular weight is 344 g/mol. The van der Waals surface area contributed by atoms with E-state index < -0.39 is 0 Å². The molecule has 0 spiro atoms. The van der Waals surface area contributed by atoms with Crippen LogP contribution in [0.5, 0.6) is 0 Å². The molecule has 2 aromatic rings. The van der Waals surface area contributed by atoms with Gasteiger partial charge in [0.2, 0.25) is 0 Å². The third kappa shape index (κ3) is 3.96. The summed E-state index contributed by atoms with van der Waals surface area (Å²) in [4.78, 5) is 0. The number of hydrogen-bond donors (Lipinski definition) is 1. The van der Waals surface area contributed by atoms with Crippen molar-refractivity contribution < 1.29 is 0 Å². The molecule has 0 amide bonds. The summed E-state index contributed by atoms with van der Waals surface area (Å²) in [6, 6.07) is 20.8. The van der Waals surface area contributed by atoms with Crippen molar-refractivity contribution in [2.45, 2.75) is 44.2 Å². The molecule has 0 bridgehead atoms. The van der Waals surface area contributed by atoms with E-state index in [4.69, 9.17) is 0 Å². The van der Waals surface area contributed by atoms with E-state index in [2.05, 4.69) is 82.8 Å². The first-order valence-electron chi connectivity index (χ1n) is 7.76. The van der Waals surface area contributed by atoms with Crippen molar-refractivity contribution in [1.29, 1.82) is 0 Å². The van der Waals surface area contributed by atoms with Gasteiger partial charge < -0.3 is 5.32 Å². The fourth-order valence-corrected chi connectivity index (χ4v) is 3.45. The molecule has 1 fully saturated rings. The van der Waals surface area contributed by atoms with E-state index in [9.17, 15) is 0 Å². The molecule has 0 radical (unpaired) electrons. The molecule has 0 saturated heterocycles. The van der Waals surface area contributed by atoms with E-state index in [1.807, 2.05) is 0 Å². The lowest BCUT2D eigenvalue weighted by Crippen LogP contribution is -2.45. The second-order valence-electron chi connectivity index (χ2n) is 6.17. The molecule has 21 heavy (non-hydrogen) atoms.